The zero-order valence-corrected chi connectivity index (χ0v) is 77.4. The number of nitrogens with one attached hydrogen (secondary N) is 4. The summed E-state index contributed by atoms with van der Waals surface area (Å²) in [6.07, 6.45) is 17.6. The highest BCUT2D eigenvalue weighted by Crippen LogP contribution is 2.47. The molecule has 4 fully saturated rings. The van der Waals surface area contributed by atoms with Crippen molar-refractivity contribution in [1.82, 2.24) is 53.9 Å². The van der Waals surface area contributed by atoms with E-state index in [1.54, 1.807) is 60.9 Å². The molecule has 4 amide bonds. The van der Waals surface area contributed by atoms with Crippen LogP contribution in [-0.2, 0) is 55.3 Å². The molecule has 4 aliphatic carbocycles. The number of amides is 4. The number of allylic oxidation sites excluding steroid dienone is 2. The molecular formula is C98H109Cl2N15O14S2. The standard InChI is InChI=1S/C49H55ClN8O7S.C49H54ClN7O7S/c1-49(2)12-10-35(43(29-49)33-4-6-37(50)7-5-33)31-55-16-20-56(21-17-55)38-8-9-41(45(27-38)65-39-25-34-11-13-51-47(34)52-30-39)48(60)53-66(63,64)40-26-36-22-32(23-42(36)44(28-40)58(61)62)24-46(59)57-18-14-54(3)15-19-57;1-49(2)14-12-35(43(29-49)33-6-8-37(50)9-7-33)31-54-18-20-55(21-19-54)38-10-11-41(45(27-38)64-39-25-34-13-15-51-47(34)52-30-39)48(59)53-65(62,63)40-26-36-22-32(23-42(36)44(28-40)57(60)61)24-46(58)56-16-4-3-5-17-56/h4-9,11,13,25-28,30,32H,10,12,14-24,29,31H2,1-3H3,(H,51,52)(H,53,60);6-11,13,15,25-28,30,32H,3-5,12,14,16-24,29,31H2,1-2H3,(H,51,52)(H,53,59)/t2*32-/m10/s1. The normalized spacial score (nSPS) is 19.1. The number of aromatic amines is 2. The van der Waals surface area contributed by atoms with E-state index in [1.165, 1.54) is 57.9 Å². The summed E-state index contributed by atoms with van der Waals surface area (Å²) in [6, 6.07) is 38.5. The Morgan fingerprint density at radius 2 is 0.901 bits per heavy atom. The Hall–Kier alpha value is -11.6. The van der Waals surface area contributed by atoms with Crippen LogP contribution in [0.1, 0.15) is 152 Å². The van der Waals surface area contributed by atoms with Gasteiger partial charge < -0.3 is 43.9 Å². The van der Waals surface area contributed by atoms with Gasteiger partial charge in [-0.25, -0.2) is 36.2 Å². The third-order valence-corrected chi connectivity index (χ3v) is 30.4. The van der Waals surface area contributed by atoms with E-state index >= 15 is 0 Å². The Morgan fingerprint density at radius 1 is 0.496 bits per heavy atom. The molecule has 18 rings (SSSR count). The van der Waals surface area contributed by atoms with Crippen LogP contribution in [0, 0.1) is 42.9 Å². The van der Waals surface area contributed by atoms with Crippen LogP contribution < -0.4 is 28.7 Å². The van der Waals surface area contributed by atoms with Crippen LogP contribution in [0.2, 0.25) is 10.0 Å². The second-order valence-electron chi connectivity index (χ2n) is 37.8. The Morgan fingerprint density at radius 3 is 1.31 bits per heavy atom. The molecule has 0 bridgehead atoms. The molecule has 4 saturated heterocycles. The van der Waals surface area contributed by atoms with Gasteiger partial charge in [-0.15, -0.1) is 0 Å². The van der Waals surface area contributed by atoms with Crippen molar-refractivity contribution in [3.8, 4) is 23.0 Å². The first-order valence-corrected chi connectivity index (χ1v) is 48.8. The van der Waals surface area contributed by atoms with E-state index in [-0.39, 0.29) is 87.7 Å². The number of likely N-dealkylation sites (tertiary alicyclic amines) is 1. The first-order chi connectivity index (χ1) is 62.7. The number of nitro benzene ring substituents is 2. The number of sulfonamides is 2. The number of carbonyl (C=O) groups is 4. The van der Waals surface area contributed by atoms with Crippen molar-refractivity contribution in [3.63, 3.8) is 0 Å². The zero-order valence-electron chi connectivity index (χ0n) is 74.3. The zero-order chi connectivity index (χ0) is 91.8. The first-order valence-electron chi connectivity index (χ1n) is 45.1. The number of likely N-dealkylation sites (N-methyl/N-ethyl adjacent to an activating group) is 1. The number of H-pyrrole nitrogens is 2. The predicted octanol–water partition coefficient (Wildman–Crippen LogP) is 16.6. The third kappa shape index (κ3) is 21.3. The Labute approximate surface area is 772 Å². The topological polar surface area (TPSA) is 345 Å². The summed E-state index contributed by atoms with van der Waals surface area (Å²) in [4.78, 5) is 107. The largest absolute Gasteiger partial charge is 0.455 e. The molecule has 8 heterocycles. The molecule has 0 radical (unpaired) electrons. The van der Waals surface area contributed by atoms with E-state index in [9.17, 15) is 56.2 Å². The van der Waals surface area contributed by atoms with Gasteiger partial charge in [-0.2, -0.15) is 0 Å². The van der Waals surface area contributed by atoms with Crippen molar-refractivity contribution in [1.29, 1.82) is 0 Å². The third-order valence-electron chi connectivity index (χ3n) is 27.2. The van der Waals surface area contributed by atoms with E-state index in [2.05, 4.69) is 106 Å². The number of pyridine rings is 2. The van der Waals surface area contributed by atoms with Gasteiger partial charge in [0, 0.05) is 198 Å². The van der Waals surface area contributed by atoms with Crippen LogP contribution >= 0.6 is 23.2 Å². The van der Waals surface area contributed by atoms with Gasteiger partial charge in [-0.3, -0.25) is 49.2 Å². The molecule has 4 N–H and O–H groups in total. The summed E-state index contributed by atoms with van der Waals surface area (Å²) in [5.41, 5.74) is 12.6. The maximum Gasteiger partial charge on any atom is 0.274 e. The molecule has 8 aliphatic rings. The van der Waals surface area contributed by atoms with Crippen molar-refractivity contribution in [3.05, 3.63) is 244 Å². The van der Waals surface area contributed by atoms with Crippen LogP contribution in [0.4, 0.5) is 22.7 Å². The molecule has 686 valence electrons. The predicted molar refractivity (Wildman–Crippen MR) is 506 cm³/mol. The van der Waals surface area contributed by atoms with E-state index < -0.39 is 51.5 Å². The lowest BCUT2D eigenvalue weighted by Crippen LogP contribution is -2.47. The summed E-state index contributed by atoms with van der Waals surface area (Å²) < 4.78 is 73.0. The molecule has 2 atom stereocenters. The fourth-order valence-corrected chi connectivity index (χ4v) is 22.2. The molecule has 0 unspecified atom stereocenters. The van der Waals surface area contributed by atoms with Gasteiger partial charge in [-0.05, 0) is 232 Å². The number of halogens is 2. The second-order valence-corrected chi connectivity index (χ2v) is 42.0. The first kappa shape index (κ1) is 91.3. The van der Waals surface area contributed by atoms with Gasteiger partial charge >= 0.3 is 0 Å². The number of piperidine rings is 1. The smallest absolute Gasteiger partial charge is 0.274 e. The number of anilines is 2. The minimum atomic E-state index is -4.62. The second kappa shape index (κ2) is 38.3. The van der Waals surface area contributed by atoms with E-state index in [4.69, 9.17) is 32.7 Å². The summed E-state index contributed by atoms with van der Waals surface area (Å²) in [6.45, 7) is 21.4. The number of aromatic nitrogens is 4. The number of ether oxygens (including phenoxy) is 2. The monoisotopic (exact) mass is 1850 g/mol. The van der Waals surface area contributed by atoms with Gasteiger partial charge in [-0.1, -0.05) is 86.3 Å². The van der Waals surface area contributed by atoms with Crippen molar-refractivity contribution in [2.45, 2.75) is 134 Å². The number of nitrogens with zero attached hydrogens (tertiary/aromatic N) is 11. The Bertz CT molecular complexity index is 6390. The number of piperazine rings is 3. The maximum atomic E-state index is 14.1. The highest BCUT2D eigenvalue weighted by molar-refractivity contribution is 7.90. The lowest BCUT2D eigenvalue weighted by atomic mass is 9.72. The maximum absolute atomic E-state index is 14.1. The number of hydrogen-bond acceptors (Lipinski definition) is 21. The average molecular weight is 1860 g/mol. The average Bonchev–Trinajstić information content (AvgIpc) is 1.69. The van der Waals surface area contributed by atoms with Gasteiger partial charge in [0.25, 0.3) is 43.2 Å². The molecule has 10 aromatic rings. The van der Waals surface area contributed by atoms with Crippen LogP contribution in [0.5, 0.6) is 23.0 Å². The number of carbonyl (C=O) groups excluding carboxylic acids is 4. The van der Waals surface area contributed by atoms with E-state index in [0.717, 1.165) is 168 Å². The SMILES string of the molecule is CC1(C)CCC(CN2CCN(c3ccc(C(=O)NS(=O)(=O)c4cc5c(c([N+](=O)[O-])c4)C[C@@H](CC(=O)N4CCCCC4)C5)c(Oc4cnc5[nH]ccc5c4)c3)CC2)=C(c2ccc(Cl)cc2)C1.CN1CCN(C(=O)C[C@@H]2Cc3cc(S(=O)(=O)NC(=O)c4ccc(N5CCN(CC6=C(c7ccc(Cl)cc7)CC(C)(C)CC6)CC5)cc4Oc4cnc5[nH]ccc5c4)cc([N+](=O)[O-])c3C2)CC1. The van der Waals surface area contributed by atoms with Crippen LogP contribution in [-0.4, -0.2) is 207 Å². The Balaban J connectivity index is 0.000000183. The summed E-state index contributed by atoms with van der Waals surface area (Å²) in [5.74, 6) is -1.39. The van der Waals surface area contributed by atoms with Gasteiger partial charge in [0.2, 0.25) is 11.8 Å². The molecule has 0 saturated carbocycles. The fraction of sp³-hybridized carbons (Fsp3) is 0.408. The van der Waals surface area contributed by atoms with Crippen molar-refractivity contribution in [2.24, 2.45) is 22.7 Å². The fourth-order valence-electron chi connectivity index (χ4n) is 19.9. The van der Waals surface area contributed by atoms with Gasteiger partial charge in [0.1, 0.15) is 34.3 Å². The number of nitro groups is 2. The molecule has 131 heavy (non-hydrogen) atoms. The van der Waals surface area contributed by atoms with Crippen LogP contribution in [0.3, 0.4) is 0 Å². The van der Waals surface area contributed by atoms with Crippen LogP contribution in [0.15, 0.2) is 179 Å². The number of rotatable bonds is 24. The minimum absolute atomic E-state index is 0.0140. The summed E-state index contributed by atoms with van der Waals surface area (Å²) >= 11 is 12.5. The molecule has 33 heteroatoms. The molecular weight excluding hydrogens is 1750 g/mol. The number of hydrogen-bond donors (Lipinski definition) is 4. The minimum Gasteiger partial charge on any atom is -0.455 e. The van der Waals surface area contributed by atoms with Gasteiger partial charge in [0.15, 0.2) is 0 Å². The quantitative estimate of drug-likeness (QED) is 0.0322. The van der Waals surface area contributed by atoms with Crippen molar-refractivity contribution in [2.75, 3.05) is 122 Å². The van der Waals surface area contributed by atoms with Crippen molar-refractivity contribution < 1.29 is 55.3 Å². The lowest BCUT2D eigenvalue weighted by molar-refractivity contribution is -0.385. The summed E-state index contributed by atoms with van der Waals surface area (Å²) in [5, 5.41) is 27.7. The molecule has 4 aliphatic heterocycles. The number of benzene rings is 6. The van der Waals surface area contributed by atoms with E-state index in [1.807, 2.05) is 53.2 Å². The molecule has 0 spiro atoms. The summed E-state index contributed by atoms with van der Waals surface area (Å²) in [7, 11) is -7.22. The molecule has 4 aromatic heterocycles. The lowest BCUT2D eigenvalue weighted by Gasteiger charge is -2.39. The molecule has 29 nitrogen and oxygen atoms in total. The van der Waals surface area contributed by atoms with E-state index in [0.29, 0.717) is 104 Å². The molecule has 6 aromatic carbocycles. The highest BCUT2D eigenvalue weighted by atomic mass is 35.5. The van der Waals surface area contributed by atoms with Gasteiger partial charge in [0.05, 0.1) is 43.2 Å². The number of fused-ring (bicyclic) bond motifs is 4. The van der Waals surface area contributed by atoms with Crippen molar-refractivity contribution >= 4 is 123 Å². The Kier molecular flexibility index (Phi) is 26.7. The van der Waals surface area contributed by atoms with Crippen LogP contribution in [0.25, 0.3) is 33.2 Å². The highest BCUT2D eigenvalue weighted by Gasteiger charge is 2.40.